The first-order chi connectivity index (χ1) is 17.3. The molecule has 0 heterocycles. The molecule has 0 aromatic heterocycles. The van der Waals surface area contributed by atoms with E-state index >= 15 is 0 Å². The van der Waals surface area contributed by atoms with E-state index < -0.39 is 90.4 Å². The van der Waals surface area contributed by atoms with Crippen molar-refractivity contribution in [3.63, 3.8) is 0 Å². The lowest BCUT2D eigenvalue weighted by molar-refractivity contribution is 0.284. The average Bonchev–Trinajstić information content (AvgIpc) is 2.76. The van der Waals surface area contributed by atoms with Crippen LogP contribution in [0, 0.1) is 0 Å². The van der Waals surface area contributed by atoms with Crippen LogP contribution in [0.15, 0.2) is 67.4 Å². The summed E-state index contributed by atoms with van der Waals surface area (Å²) in [6.45, 7) is -0.938. The Morgan fingerprint density at radius 1 is 0.737 bits per heavy atom. The second kappa shape index (κ2) is 10.1. The molecule has 0 bridgehead atoms. The van der Waals surface area contributed by atoms with E-state index in [-0.39, 0.29) is 10.8 Å². The molecule has 0 radical (unpaired) electrons. The SMILES string of the molecule is O=S(=O)(O)OCCS(=O)(=O)c1ccc(O)c(N=Nc2c(O)c(S(=O)(=O)O)cc3cc(S(=O)(=O)O)ccc23)c1. The zero-order valence-electron chi connectivity index (χ0n) is 18.4. The molecule has 3 rings (SSSR count). The quantitative estimate of drug-likeness (QED) is 0.170. The van der Waals surface area contributed by atoms with Crippen molar-refractivity contribution in [1.82, 2.24) is 0 Å². The Kier molecular flexibility index (Phi) is 7.83. The predicted octanol–water partition coefficient (Wildman–Crippen LogP) is 1.75. The van der Waals surface area contributed by atoms with Gasteiger partial charge < -0.3 is 10.2 Å². The molecule has 38 heavy (non-hydrogen) atoms. The lowest BCUT2D eigenvalue weighted by Crippen LogP contribution is -2.15. The van der Waals surface area contributed by atoms with E-state index in [0.717, 1.165) is 36.4 Å². The first kappa shape index (κ1) is 29.3. The summed E-state index contributed by atoms with van der Waals surface area (Å²) >= 11 is 0. The predicted molar refractivity (Wildman–Crippen MR) is 127 cm³/mol. The second-order valence-electron chi connectivity index (χ2n) is 7.32. The van der Waals surface area contributed by atoms with Crippen molar-refractivity contribution in [1.29, 1.82) is 0 Å². The van der Waals surface area contributed by atoms with Gasteiger partial charge in [-0.3, -0.25) is 13.7 Å². The Labute approximate surface area is 215 Å². The van der Waals surface area contributed by atoms with Gasteiger partial charge in [-0.05, 0) is 41.8 Å². The van der Waals surface area contributed by atoms with Gasteiger partial charge in [0, 0.05) is 5.39 Å². The molecule has 3 aromatic carbocycles. The summed E-state index contributed by atoms with van der Waals surface area (Å²) in [4.78, 5) is -2.26. The summed E-state index contributed by atoms with van der Waals surface area (Å²) in [5.41, 5.74) is -1.17. The molecule has 3 aromatic rings. The number of sulfone groups is 1. The highest BCUT2D eigenvalue weighted by Crippen LogP contribution is 2.42. The molecule has 16 nitrogen and oxygen atoms in total. The molecule has 20 heteroatoms. The zero-order valence-corrected chi connectivity index (χ0v) is 21.7. The van der Waals surface area contributed by atoms with Gasteiger partial charge in [-0.25, -0.2) is 12.6 Å². The Morgan fingerprint density at radius 2 is 1.37 bits per heavy atom. The lowest BCUT2D eigenvalue weighted by Gasteiger charge is -2.10. The largest absolute Gasteiger partial charge is 0.506 e. The van der Waals surface area contributed by atoms with E-state index in [1.807, 2.05) is 0 Å². The van der Waals surface area contributed by atoms with E-state index in [1.165, 1.54) is 0 Å². The average molecular weight is 613 g/mol. The van der Waals surface area contributed by atoms with E-state index in [1.54, 1.807) is 0 Å². The molecular formula is C18H16N2O14S4. The maximum absolute atomic E-state index is 12.4. The Morgan fingerprint density at radius 3 is 1.95 bits per heavy atom. The maximum Gasteiger partial charge on any atom is 0.397 e. The fourth-order valence-electron chi connectivity index (χ4n) is 3.04. The normalized spacial score (nSPS) is 13.3. The van der Waals surface area contributed by atoms with Crippen molar-refractivity contribution in [3.8, 4) is 11.5 Å². The summed E-state index contributed by atoms with van der Waals surface area (Å²) in [6.07, 6.45) is 0. The minimum absolute atomic E-state index is 0.128. The molecule has 0 unspecified atom stereocenters. The van der Waals surface area contributed by atoms with Crippen molar-refractivity contribution in [2.24, 2.45) is 10.2 Å². The summed E-state index contributed by atoms with van der Waals surface area (Å²) in [6, 6.07) is 6.04. The lowest BCUT2D eigenvalue weighted by atomic mass is 10.1. The van der Waals surface area contributed by atoms with Gasteiger partial charge in [-0.1, -0.05) is 6.07 Å². The summed E-state index contributed by atoms with van der Waals surface area (Å²) in [7, 11) is -19.0. The second-order valence-corrected chi connectivity index (χ2v) is 13.3. The molecular weight excluding hydrogens is 596 g/mol. The van der Waals surface area contributed by atoms with Gasteiger partial charge in [0.05, 0.1) is 22.2 Å². The van der Waals surface area contributed by atoms with E-state index in [0.29, 0.717) is 6.07 Å². The topological polar surface area (TPSA) is 272 Å². The van der Waals surface area contributed by atoms with Crippen molar-refractivity contribution in [2.45, 2.75) is 14.7 Å². The highest BCUT2D eigenvalue weighted by molar-refractivity contribution is 7.91. The highest BCUT2D eigenvalue weighted by atomic mass is 32.3. The number of benzene rings is 3. The van der Waals surface area contributed by atoms with Gasteiger partial charge in [0.1, 0.15) is 22.0 Å². The fourth-order valence-corrected chi connectivity index (χ4v) is 5.67. The minimum atomic E-state index is -5.10. The molecule has 0 spiro atoms. The first-order valence-electron chi connectivity index (χ1n) is 9.64. The van der Waals surface area contributed by atoms with E-state index in [2.05, 4.69) is 14.4 Å². The molecule has 5 N–H and O–H groups in total. The van der Waals surface area contributed by atoms with E-state index in [9.17, 15) is 53.0 Å². The number of hydrogen-bond acceptors (Lipinski definition) is 13. The smallest absolute Gasteiger partial charge is 0.397 e. The van der Waals surface area contributed by atoms with Crippen LogP contribution in [0.5, 0.6) is 11.5 Å². The number of phenolic OH excluding ortho intramolecular Hbond substituents is 2. The van der Waals surface area contributed by atoms with Crippen LogP contribution in [-0.2, 0) is 44.7 Å². The number of phenols is 2. The van der Waals surface area contributed by atoms with Crippen molar-refractivity contribution in [3.05, 3.63) is 42.5 Å². The molecule has 0 aliphatic heterocycles. The molecule has 0 fully saturated rings. The first-order valence-corrected chi connectivity index (χ1v) is 15.5. The fraction of sp³-hybridized carbons (Fsp3) is 0.111. The zero-order chi connectivity index (χ0) is 28.7. The van der Waals surface area contributed by atoms with Crippen LogP contribution in [-0.4, -0.2) is 69.9 Å². The molecule has 206 valence electrons. The highest BCUT2D eigenvalue weighted by Gasteiger charge is 2.23. The van der Waals surface area contributed by atoms with Gasteiger partial charge in [0.15, 0.2) is 15.6 Å². The van der Waals surface area contributed by atoms with Crippen LogP contribution in [0.25, 0.3) is 10.8 Å². The van der Waals surface area contributed by atoms with Crippen molar-refractivity contribution >= 4 is 62.6 Å². The number of azo groups is 1. The van der Waals surface area contributed by atoms with Crippen LogP contribution in [0.4, 0.5) is 11.4 Å². The Balaban J connectivity index is 2.14. The third-order valence-corrected chi connectivity index (χ3v) is 8.60. The third-order valence-electron chi connectivity index (χ3n) is 4.75. The number of rotatable bonds is 9. The van der Waals surface area contributed by atoms with Crippen LogP contribution < -0.4 is 0 Å². The van der Waals surface area contributed by atoms with Gasteiger partial charge in [-0.2, -0.15) is 25.3 Å². The van der Waals surface area contributed by atoms with Crippen molar-refractivity contribution in [2.75, 3.05) is 12.4 Å². The summed E-state index contributed by atoms with van der Waals surface area (Å²) < 4.78 is 124. The number of nitrogens with zero attached hydrogens (tertiary/aromatic N) is 2. The van der Waals surface area contributed by atoms with Crippen LogP contribution in [0.2, 0.25) is 0 Å². The Hall–Kier alpha value is -3.24. The molecule has 0 saturated carbocycles. The third kappa shape index (κ3) is 6.79. The summed E-state index contributed by atoms with van der Waals surface area (Å²) in [5, 5.41) is 27.4. The molecule has 0 atom stereocenters. The molecule has 0 aliphatic carbocycles. The van der Waals surface area contributed by atoms with Gasteiger partial charge >= 0.3 is 10.4 Å². The molecule has 0 saturated heterocycles. The number of fused-ring (bicyclic) bond motifs is 1. The Bertz CT molecular complexity index is 1900. The van der Waals surface area contributed by atoms with Gasteiger partial charge in [-0.15, -0.1) is 10.2 Å². The standard InChI is InChI=1S/C18H16N2O14S4/c21-15-4-2-11(35(23,24)6-5-34-38(31,32)33)9-14(15)19-20-17-13-3-1-12(36(25,26)27)7-10(13)8-16(18(17)22)37(28,29)30/h1-4,7-9,21-22H,5-6H2,(H,25,26,27)(H,28,29,30)(H,31,32,33). The minimum Gasteiger partial charge on any atom is -0.506 e. The van der Waals surface area contributed by atoms with Gasteiger partial charge in [0.2, 0.25) is 0 Å². The number of hydrogen-bond donors (Lipinski definition) is 5. The molecule has 0 aliphatic rings. The maximum atomic E-state index is 12.4. The van der Waals surface area contributed by atoms with Crippen LogP contribution in [0.3, 0.4) is 0 Å². The molecule has 0 amide bonds. The monoisotopic (exact) mass is 612 g/mol. The van der Waals surface area contributed by atoms with E-state index in [4.69, 9.17) is 4.55 Å². The summed E-state index contributed by atoms with van der Waals surface area (Å²) in [5.74, 6) is -2.68. The van der Waals surface area contributed by atoms with Crippen molar-refractivity contribution < 1.29 is 61.7 Å². The van der Waals surface area contributed by atoms with Crippen LogP contribution in [0.1, 0.15) is 0 Å². The van der Waals surface area contributed by atoms with Crippen LogP contribution >= 0.6 is 0 Å². The number of aromatic hydroxyl groups is 2. The van der Waals surface area contributed by atoms with Gasteiger partial charge in [0.25, 0.3) is 20.2 Å².